The maximum atomic E-state index is 12.8. The minimum absolute atomic E-state index is 0.0229. The Morgan fingerprint density at radius 1 is 1.50 bits per heavy atom. The second kappa shape index (κ2) is 5.24. The van der Waals surface area contributed by atoms with Gasteiger partial charge in [0.2, 0.25) is 0 Å². The first-order valence-electron chi connectivity index (χ1n) is 4.70. The Morgan fingerprint density at radius 2 is 2.00 bits per heavy atom. The molecule has 0 radical (unpaired) electrons. The minimum atomic E-state index is -3.65. The van der Waals surface area contributed by atoms with E-state index in [4.69, 9.17) is 5.11 Å². The molecule has 0 aromatic carbocycles. The van der Waals surface area contributed by atoms with Gasteiger partial charge >= 0.3 is 11.9 Å². The lowest BCUT2D eigenvalue weighted by atomic mass is 10.2. The predicted molar refractivity (Wildman–Crippen MR) is 49.6 cm³/mol. The standard InChI is InChI=1S/C9H17F2NO2/c1-4-7(3)12(5-2)6-9(10,11)8(13)14/h7H,4-6H2,1-3H3,(H,13,14). The summed E-state index contributed by atoms with van der Waals surface area (Å²) in [5.41, 5.74) is 0. The van der Waals surface area contributed by atoms with Crippen molar-refractivity contribution in [1.29, 1.82) is 0 Å². The highest BCUT2D eigenvalue weighted by Crippen LogP contribution is 2.17. The topological polar surface area (TPSA) is 40.5 Å². The molecule has 0 saturated carbocycles. The van der Waals surface area contributed by atoms with Crippen molar-refractivity contribution in [3.8, 4) is 0 Å². The number of nitrogens with zero attached hydrogens (tertiary/aromatic N) is 1. The van der Waals surface area contributed by atoms with E-state index in [-0.39, 0.29) is 6.04 Å². The van der Waals surface area contributed by atoms with Gasteiger partial charge in [-0.1, -0.05) is 13.8 Å². The van der Waals surface area contributed by atoms with Gasteiger partial charge in [0.1, 0.15) is 0 Å². The van der Waals surface area contributed by atoms with Gasteiger partial charge in [-0.05, 0) is 19.9 Å². The summed E-state index contributed by atoms with van der Waals surface area (Å²) in [7, 11) is 0. The van der Waals surface area contributed by atoms with Gasteiger partial charge in [-0.3, -0.25) is 4.90 Å². The summed E-state index contributed by atoms with van der Waals surface area (Å²) in [6.45, 7) is 5.14. The van der Waals surface area contributed by atoms with E-state index >= 15 is 0 Å². The third-order valence-electron chi connectivity index (χ3n) is 2.33. The molecule has 0 aliphatic heterocycles. The van der Waals surface area contributed by atoms with Crippen LogP contribution in [0.25, 0.3) is 0 Å². The Morgan fingerprint density at radius 3 is 2.29 bits per heavy atom. The summed E-state index contributed by atoms with van der Waals surface area (Å²) >= 11 is 0. The largest absolute Gasteiger partial charge is 0.477 e. The van der Waals surface area contributed by atoms with E-state index in [0.29, 0.717) is 6.54 Å². The Bertz CT molecular complexity index is 197. The van der Waals surface area contributed by atoms with Crippen molar-refractivity contribution in [2.75, 3.05) is 13.1 Å². The molecule has 0 bridgehead atoms. The molecule has 0 rings (SSSR count). The van der Waals surface area contributed by atoms with Crippen LogP contribution in [-0.4, -0.2) is 41.0 Å². The lowest BCUT2D eigenvalue weighted by molar-refractivity contribution is -0.168. The molecule has 0 heterocycles. The molecule has 0 aliphatic carbocycles. The Hall–Kier alpha value is -0.710. The number of aliphatic carboxylic acids is 1. The number of carbonyl (C=O) groups is 1. The van der Waals surface area contributed by atoms with E-state index in [1.165, 1.54) is 4.90 Å². The molecule has 0 aromatic heterocycles. The van der Waals surface area contributed by atoms with E-state index in [1.807, 2.05) is 6.92 Å². The summed E-state index contributed by atoms with van der Waals surface area (Å²) < 4.78 is 25.7. The Balaban J connectivity index is 4.38. The number of alkyl halides is 2. The first-order valence-corrected chi connectivity index (χ1v) is 4.70. The zero-order chi connectivity index (χ0) is 11.4. The van der Waals surface area contributed by atoms with Gasteiger partial charge in [0, 0.05) is 6.04 Å². The highest BCUT2D eigenvalue weighted by Gasteiger charge is 2.40. The lowest BCUT2D eigenvalue weighted by Gasteiger charge is -2.29. The van der Waals surface area contributed by atoms with Crippen LogP contribution in [0.2, 0.25) is 0 Å². The highest BCUT2D eigenvalue weighted by atomic mass is 19.3. The second-order valence-electron chi connectivity index (χ2n) is 3.33. The summed E-state index contributed by atoms with van der Waals surface area (Å²) in [5.74, 6) is -5.71. The lowest BCUT2D eigenvalue weighted by Crippen LogP contribution is -2.45. The van der Waals surface area contributed by atoms with Gasteiger partial charge in [0.05, 0.1) is 6.54 Å². The number of halogens is 2. The summed E-state index contributed by atoms with van der Waals surface area (Å²) in [4.78, 5) is 11.7. The Labute approximate surface area is 82.7 Å². The quantitative estimate of drug-likeness (QED) is 0.725. The first-order chi connectivity index (χ1) is 6.35. The number of carboxylic acids is 1. The molecule has 0 aromatic rings. The molecular formula is C9H17F2NO2. The van der Waals surface area contributed by atoms with Crippen molar-refractivity contribution in [3.63, 3.8) is 0 Å². The predicted octanol–water partition coefficient (Wildman–Crippen LogP) is 1.83. The van der Waals surface area contributed by atoms with Crippen LogP contribution in [0.15, 0.2) is 0 Å². The molecule has 0 amide bonds. The molecule has 1 N–H and O–H groups in total. The number of carboxylic acid groups (broad SMARTS) is 1. The Kier molecular flexibility index (Phi) is 4.97. The molecule has 1 unspecified atom stereocenters. The molecule has 84 valence electrons. The monoisotopic (exact) mass is 209 g/mol. The molecule has 5 heteroatoms. The van der Waals surface area contributed by atoms with E-state index in [9.17, 15) is 13.6 Å². The van der Waals surface area contributed by atoms with Crippen LogP contribution >= 0.6 is 0 Å². The van der Waals surface area contributed by atoms with Crippen molar-refractivity contribution < 1.29 is 18.7 Å². The minimum Gasteiger partial charge on any atom is -0.477 e. The van der Waals surface area contributed by atoms with E-state index in [2.05, 4.69) is 0 Å². The summed E-state index contributed by atoms with van der Waals surface area (Å²) in [6.07, 6.45) is 0.726. The molecular weight excluding hydrogens is 192 g/mol. The van der Waals surface area contributed by atoms with Crippen molar-refractivity contribution in [2.24, 2.45) is 0 Å². The molecule has 0 fully saturated rings. The zero-order valence-electron chi connectivity index (χ0n) is 8.76. The van der Waals surface area contributed by atoms with Crippen LogP contribution in [0, 0.1) is 0 Å². The number of hydrogen-bond donors (Lipinski definition) is 1. The van der Waals surface area contributed by atoms with Crippen molar-refractivity contribution in [1.82, 2.24) is 4.90 Å². The number of rotatable bonds is 6. The third-order valence-corrected chi connectivity index (χ3v) is 2.33. The van der Waals surface area contributed by atoms with Crippen LogP contribution in [0.3, 0.4) is 0 Å². The first kappa shape index (κ1) is 13.3. The second-order valence-corrected chi connectivity index (χ2v) is 3.33. The molecule has 1 atom stereocenters. The van der Waals surface area contributed by atoms with Crippen LogP contribution in [0.5, 0.6) is 0 Å². The van der Waals surface area contributed by atoms with Gasteiger partial charge in [-0.15, -0.1) is 0 Å². The van der Waals surface area contributed by atoms with Crippen LogP contribution in [0.4, 0.5) is 8.78 Å². The van der Waals surface area contributed by atoms with E-state index in [1.54, 1.807) is 13.8 Å². The third kappa shape index (κ3) is 3.57. The fourth-order valence-corrected chi connectivity index (χ4v) is 1.16. The van der Waals surface area contributed by atoms with Crippen LogP contribution in [0.1, 0.15) is 27.2 Å². The van der Waals surface area contributed by atoms with Crippen molar-refractivity contribution in [3.05, 3.63) is 0 Å². The average molecular weight is 209 g/mol. The van der Waals surface area contributed by atoms with Gasteiger partial charge < -0.3 is 5.11 Å². The smallest absolute Gasteiger partial charge is 0.375 e. The maximum Gasteiger partial charge on any atom is 0.375 e. The van der Waals surface area contributed by atoms with Gasteiger partial charge in [-0.2, -0.15) is 8.78 Å². The molecule has 14 heavy (non-hydrogen) atoms. The van der Waals surface area contributed by atoms with Crippen LogP contribution < -0.4 is 0 Å². The van der Waals surface area contributed by atoms with Gasteiger partial charge in [0.25, 0.3) is 0 Å². The number of hydrogen-bond acceptors (Lipinski definition) is 2. The molecule has 0 spiro atoms. The summed E-state index contributed by atoms with van der Waals surface area (Å²) in [5, 5.41) is 8.26. The van der Waals surface area contributed by atoms with Crippen LogP contribution in [-0.2, 0) is 4.79 Å². The van der Waals surface area contributed by atoms with Crippen molar-refractivity contribution in [2.45, 2.75) is 39.2 Å². The van der Waals surface area contributed by atoms with E-state index in [0.717, 1.165) is 6.42 Å². The molecule has 0 aliphatic rings. The van der Waals surface area contributed by atoms with E-state index < -0.39 is 18.4 Å². The maximum absolute atomic E-state index is 12.8. The fraction of sp³-hybridized carbons (Fsp3) is 0.889. The van der Waals surface area contributed by atoms with Crippen molar-refractivity contribution >= 4 is 5.97 Å². The van der Waals surface area contributed by atoms with Gasteiger partial charge in [-0.25, -0.2) is 4.79 Å². The molecule has 3 nitrogen and oxygen atoms in total. The molecule has 0 saturated heterocycles. The average Bonchev–Trinajstić information content (AvgIpc) is 2.12. The SMILES string of the molecule is CCC(C)N(CC)CC(F)(F)C(=O)O. The normalized spacial score (nSPS) is 14.4. The van der Waals surface area contributed by atoms with Gasteiger partial charge in [0.15, 0.2) is 0 Å². The fourth-order valence-electron chi connectivity index (χ4n) is 1.16. The zero-order valence-corrected chi connectivity index (χ0v) is 8.76. The summed E-state index contributed by atoms with van der Waals surface area (Å²) in [6, 6.07) is -0.0229. The highest BCUT2D eigenvalue weighted by molar-refractivity contribution is 5.75.